The maximum atomic E-state index is 12.4. The number of nitrogens with zero attached hydrogens (tertiary/aromatic N) is 1. The minimum absolute atomic E-state index is 0.100. The average molecular weight is 247 g/mol. The third-order valence-corrected chi connectivity index (χ3v) is 3.84. The van der Waals surface area contributed by atoms with Gasteiger partial charge in [0.2, 0.25) is 0 Å². The van der Waals surface area contributed by atoms with Gasteiger partial charge in [0.15, 0.2) is 0 Å². The zero-order valence-corrected chi connectivity index (χ0v) is 10.5. The van der Waals surface area contributed by atoms with Gasteiger partial charge in [0, 0.05) is 30.5 Å². The summed E-state index contributed by atoms with van der Waals surface area (Å²) in [5.74, 6) is 1.88. The molecule has 0 spiro atoms. The lowest BCUT2D eigenvalue weighted by Crippen LogP contribution is -2.30. The van der Waals surface area contributed by atoms with Crippen LogP contribution in [0.1, 0.15) is 10.4 Å². The molecule has 96 valence electrons. The van der Waals surface area contributed by atoms with Crippen LogP contribution >= 0.6 is 0 Å². The van der Waals surface area contributed by atoms with Crippen LogP contribution in [-0.2, 0) is 4.74 Å². The number of hydrogen-bond donors (Lipinski definition) is 0. The number of benzene rings is 1. The van der Waals surface area contributed by atoms with Gasteiger partial charge in [0.25, 0.3) is 5.91 Å². The van der Waals surface area contributed by atoms with Crippen molar-refractivity contribution >= 4 is 5.91 Å². The maximum Gasteiger partial charge on any atom is 0.254 e. The van der Waals surface area contributed by atoms with Gasteiger partial charge in [-0.15, -0.1) is 0 Å². The number of methoxy groups -OCH3 is 1. The number of likely N-dealkylation sites (tertiary alicyclic amines) is 1. The third-order valence-electron chi connectivity index (χ3n) is 3.84. The highest BCUT2D eigenvalue weighted by Crippen LogP contribution is 2.30. The highest BCUT2D eigenvalue weighted by atomic mass is 16.5. The Labute approximate surface area is 106 Å². The molecule has 3 rings (SSSR count). The predicted molar refractivity (Wildman–Crippen MR) is 66.7 cm³/mol. The third kappa shape index (κ3) is 1.97. The van der Waals surface area contributed by atoms with E-state index in [1.54, 1.807) is 13.2 Å². The standard InChI is InChI=1S/C14H17NO3/c1-17-13-4-2-3-10(5-13)14(16)15-6-11-8-18-9-12(11)7-15/h2-5,11-12H,6-9H2,1H3/t11-,12+. The monoisotopic (exact) mass is 247 g/mol. The molecule has 2 aliphatic rings. The van der Waals surface area contributed by atoms with E-state index < -0.39 is 0 Å². The highest BCUT2D eigenvalue weighted by molar-refractivity contribution is 5.94. The van der Waals surface area contributed by atoms with Crippen molar-refractivity contribution in [3.05, 3.63) is 29.8 Å². The van der Waals surface area contributed by atoms with Gasteiger partial charge in [-0.05, 0) is 18.2 Å². The Morgan fingerprint density at radius 2 is 2.06 bits per heavy atom. The molecule has 4 nitrogen and oxygen atoms in total. The number of rotatable bonds is 2. The molecule has 0 aromatic heterocycles. The summed E-state index contributed by atoms with van der Waals surface area (Å²) in [5.41, 5.74) is 0.704. The number of fused-ring (bicyclic) bond motifs is 1. The zero-order valence-electron chi connectivity index (χ0n) is 10.5. The zero-order chi connectivity index (χ0) is 12.5. The maximum absolute atomic E-state index is 12.4. The highest BCUT2D eigenvalue weighted by Gasteiger charge is 2.39. The summed E-state index contributed by atoms with van der Waals surface area (Å²) < 4.78 is 10.6. The van der Waals surface area contributed by atoms with Crippen molar-refractivity contribution in [1.82, 2.24) is 4.90 Å². The van der Waals surface area contributed by atoms with E-state index >= 15 is 0 Å². The first-order valence-electron chi connectivity index (χ1n) is 6.29. The summed E-state index contributed by atoms with van der Waals surface area (Å²) in [4.78, 5) is 14.3. The van der Waals surface area contributed by atoms with Gasteiger partial charge in [-0.25, -0.2) is 0 Å². The Hall–Kier alpha value is -1.55. The Morgan fingerprint density at radius 1 is 1.33 bits per heavy atom. The van der Waals surface area contributed by atoms with Crippen LogP contribution in [0.4, 0.5) is 0 Å². The largest absolute Gasteiger partial charge is 0.497 e. The van der Waals surface area contributed by atoms with Crippen molar-refractivity contribution in [1.29, 1.82) is 0 Å². The van der Waals surface area contributed by atoms with E-state index in [4.69, 9.17) is 9.47 Å². The van der Waals surface area contributed by atoms with Crippen molar-refractivity contribution in [2.24, 2.45) is 11.8 Å². The molecule has 1 aromatic rings. The fraction of sp³-hybridized carbons (Fsp3) is 0.500. The molecule has 2 atom stereocenters. The van der Waals surface area contributed by atoms with Crippen molar-refractivity contribution in [3.8, 4) is 5.75 Å². The average Bonchev–Trinajstić information content (AvgIpc) is 2.98. The lowest BCUT2D eigenvalue weighted by molar-refractivity contribution is 0.0751. The van der Waals surface area contributed by atoms with E-state index in [2.05, 4.69) is 0 Å². The fourth-order valence-corrected chi connectivity index (χ4v) is 2.79. The van der Waals surface area contributed by atoms with Crippen LogP contribution < -0.4 is 4.74 Å². The quantitative estimate of drug-likeness (QED) is 0.793. The molecule has 0 N–H and O–H groups in total. The molecule has 18 heavy (non-hydrogen) atoms. The van der Waals surface area contributed by atoms with E-state index in [9.17, 15) is 4.79 Å². The Bertz CT molecular complexity index is 448. The van der Waals surface area contributed by atoms with E-state index in [1.165, 1.54) is 0 Å². The summed E-state index contributed by atoms with van der Waals surface area (Å²) in [5, 5.41) is 0. The molecule has 0 aliphatic carbocycles. The van der Waals surface area contributed by atoms with Crippen LogP contribution in [0.25, 0.3) is 0 Å². The van der Waals surface area contributed by atoms with Crippen molar-refractivity contribution in [2.75, 3.05) is 33.4 Å². The first-order valence-corrected chi connectivity index (χ1v) is 6.29. The first-order chi connectivity index (χ1) is 8.78. The summed E-state index contributed by atoms with van der Waals surface area (Å²) in [6.07, 6.45) is 0. The van der Waals surface area contributed by atoms with E-state index in [-0.39, 0.29) is 5.91 Å². The van der Waals surface area contributed by atoms with Crippen LogP contribution in [0.15, 0.2) is 24.3 Å². The number of carbonyl (C=O) groups is 1. The van der Waals surface area contributed by atoms with Gasteiger partial charge >= 0.3 is 0 Å². The summed E-state index contributed by atoms with van der Waals surface area (Å²) in [6.45, 7) is 3.24. The summed E-state index contributed by atoms with van der Waals surface area (Å²) >= 11 is 0. The van der Waals surface area contributed by atoms with Crippen LogP contribution in [-0.4, -0.2) is 44.2 Å². The van der Waals surface area contributed by atoms with Crippen molar-refractivity contribution in [3.63, 3.8) is 0 Å². The molecule has 4 heteroatoms. The lowest BCUT2D eigenvalue weighted by Gasteiger charge is -2.17. The number of hydrogen-bond acceptors (Lipinski definition) is 3. The normalized spacial score (nSPS) is 26.2. The predicted octanol–water partition coefficient (Wildman–Crippen LogP) is 1.41. The van der Waals surface area contributed by atoms with E-state index in [1.807, 2.05) is 23.1 Å². The van der Waals surface area contributed by atoms with Crippen LogP contribution in [0.2, 0.25) is 0 Å². The molecule has 0 radical (unpaired) electrons. The summed E-state index contributed by atoms with van der Waals surface area (Å²) in [7, 11) is 1.61. The molecule has 2 heterocycles. The van der Waals surface area contributed by atoms with Gasteiger partial charge in [-0.2, -0.15) is 0 Å². The molecule has 2 aliphatic heterocycles. The molecular weight excluding hydrogens is 230 g/mol. The van der Waals surface area contributed by atoms with Crippen LogP contribution in [0.5, 0.6) is 5.75 Å². The molecule has 1 aromatic carbocycles. The van der Waals surface area contributed by atoms with Crippen molar-refractivity contribution in [2.45, 2.75) is 0 Å². The molecule has 0 unspecified atom stereocenters. The smallest absolute Gasteiger partial charge is 0.254 e. The lowest BCUT2D eigenvalue weighted by atomic mass is 10.0. The Balaban J connectivity index is 1.74. The second kappa shape index (κ2) is 4.61. The number of carbonyl (C=O) groups excluding carboxylic acids is 1. The number of amides is 1. The SMILES string of the molecule is COc1cccc(C(=O)N2C[C@H]3COC[C@H]3C2)c1. The Morgan fingerprint density at radius 3 is 2.72 bits per heavy atom. The summed E-state index contributed by atoms with van der Waals surface area (Å²) in [6, 6.07) is 7.35. The molecule has 1 amide bonds. The first kappa shape index (κ1) is 11.5. The fourth-order valence-electron chi connectivity index (χ4n) is 2.79. The molecule has 0 saturated carbocycles. The van der Waals surface area contributed by atoms with E-state index in [0.717, 1.165) is 32.1 Å². The van der Waals surface area contributed by atoms with Gasteiger partial charge in [-0.3, -0.25) is 4.79 Å². The van der Waals surface area contributed by atoms with Gasteiger partial charge in [-0.1, -0.05) is 6.07 Å². The van der Waals surface area contributed by atoms with E-state index in [0.29, 0.717) is 17.4 Å². The van der Waals surface area contributed by atoms with Crippen molar-refractivity contribution < 1.29 is 14.3 Å². The number of ether oxygens (including phenoxy) is 2. The Kier molecular flexibility index (Phi) is 2.96. The topological polar surface area (TPSA) is 38.8 Å². The van der Waals surface area contributed by atoms with Gasteiger partial charge in [0.05, 0.1) is 20.3 Å². The van der Waals surface area contributed by atoms with Crippen LogP contribution in [0, 0.1) is 11.8 Å². The minimum atomic E-state index is 0.100. The molecule has 2 saturated heterocycles. The van der Waals surface area contributed by atoms with Gasteiger partial charge < -0.3 is 14.4 Å². The molecular formula is C14H17NO3. The second-order valence-electron chi connectivity index (χ2n) is 5.00. The van der Waals surface area contributed by atoms with Crippen LogP contribution in [0.3, 0.4) is 0 Å². The second-order valence-corrected chi connectivity index (χ2v) is 5.00. The minimum Gasteiger partial charge on any atom is -0.497 e. The molecule has 0 bridgehead atoms. The molecule has 2 fully saturated rings. The van der Waals surface area contributed by atoms with Gasteiger partial charge in [0.1, 0.15) is 5.75 Å².